The number of aliphatic hydroxyl groups excluding tert-OH is 1. The third-order valence-corrected chi connectivity index (χ3v) is 2.25. The number of esters is 1. The van der Waals surface area contributed by atoms with Crippen molar-refractivity contribution in [2.24, 2.45) is 0 Å². The molecule has 0 fully saturated rings. The normalized spacial score (nSPS) is 10.3. The molecule has 0 aliphatic carbocycles. The molecule has 0 atom stereocenters. The Morgan fingerprint density at radius 3 is 2.47 bits per heavy atom. The smallest absolute Gasteiger partial charge is 0.305 e. The number of nitrogens with one attached hydrogen (secondary N) is 1. The van der Waals surface area contributed by atoms with Crippen LogP contribution in [0.3, 0.4) is 0 Å². The minimum absolute atomic E-state index is 0.111. The molecule has 90 valence electrons. The van der Waals surface area contributed by atoms with Crippen molar-refractivity contribution in [3.8, 4) is 0 Å². The van der Waals surface area contributed by atoms with Gasteiger partial charge in [0.15, 0.2) is 0 Å². The number of carbonyl (C=O) groups is 1. The van der Waals surface area contributed by atoms with Crippen LogP contribution in [0.15, 0.2) is 0 Å². The molecule has 2 N–H and O–H groups in total. The van der Waals surface area contributed by atoms with Gasteiger partial charge in [0.2, 0.25) is 0 Å². The van der Waals surface area contributed by atoms with Crippen LogP contribution >= 0.6 is 0 Å². The van der Waals surface area contributed by atoms with Crippen molar-refractivity contribution < 1.29 is 14.6 Å². The van der Waals surface area contributed by atoms with Crippen LogP contribution in [0.1, 0.15) is 38.5 Å². The zero-order valence-corrected chi connectivity index (χ0v) is 9.63. The highest BCUT2D eigenvalue weighted by Gasteiger charge is 1.98. The maximum absolute atomic E-state index is 10.8. The van der Waals surface area contributed by atoms with Gasteiger partial charge in [0.1, 0.15) is 0 Å². The topological polar surface area (TPSA) is 58.6 Å². The summed E-state index contributed by atoms with van der Waals surface area (Å²) in [6, 6.07) is 0. The maximum Gasteiger partial charge on any atom is 0.305 e. The lowest BCUT2D eigenvalue weighted by molar-refractivity contribution is -0.140. The van der Waals surface area contributed by atoms with E-state index in [-0.39, 0.29) is 12.6 Å². The van der Waals surface area contributed by atoms with Crippen molar-refractivity contribution in [2.75, 3.05) is 26.8 Å². The summed E-state index contributed by atoms with van der Waals surface area (Å²) >= 11 is 0. The number of carbonyl (C=O) groups excluding carboxylic acids is 1. The zero-order chi connectivity index (χ0) is 11.4. The van der Waals surface area contributed by atoms with Gasteiger partial charge in [-0.05, 0) is 19.4 Å². The minimum Gasteiger partial charge on any atom is -0.469 e. The molecule has 0 rings (SSSR count). The van der Waals surface area contributed by atoms with E-state index in [0.717, 1.165) is 32.2 Å². The molecule has 4 heteroatoms. The Hall–Kier alpha value is -0.610. The van der Waals surface area contributed by atoms with Crippen molar-refractivity contribution in [2.45, 2.75) is 38.5 Å². The van der Waals surface area contributed by atoms with E-state index < -0.39 is 0 Å². The quantitative estimate of drug-likeness (QED) is 0.425. The van der Waals surface area contributed by atoms with E-state index in [1.807, 2.05) is 0 Å². The van der Waals surface area contributed by atoms with Gasteiger partial charge in [-0.2, -0.15) is 0 Å². The third-order valence-electron chi connectivity index (χ3n) is 2.25. The fraction of sp³-hybridized carbons (Fsp3) is 0.909. The summed E-state index contributed by atoms with van der Waals surface area (Å²) in [5.41, 5.74) is 0. The van der Waals surface area contributed by atoms with E-state index >= 15 is 0 Å². The van der Waals surface area contributed by atoms with Crippen LogP contribution in [-0.4, -0.2) is 37.9 Å². The molecule has 4 nitrogen and oxygen atoms in total. The van der Waals surface area contributed by atoms with Gasteiger partial charge in [-0.25, -0.2) is 0 Å². The van der Waals surface area contributed by atoms with Crippen molar-refractivity contribution in [3.63, 3.8) is 0 Å². The summed E-state index contributed by atoms with van der Waals surface area (Å²) in [6.45, 7) is 1.86. The first-order valence-electron chi connectivity index (χ1n) is 5.69. The Balaban J connectivity index is 2.95. The average Bonchev–Trinajstić information content (AvgIpc) is 2.26. The molecule has 0 unspecified atom stereocenters. The molecule has 0 radical (unpaired) electrons. The highest BCUT2D eigenvalue weighted by atomic mass is 16.5. The van der Waals surface area contributed by atoms with Crippen LogP contribution in [0, 0.1) is 0 Å². The number of methoxy groups -OCH3 is 1. The predicted molar refractivity (Wildman–Crippen MR) is 59.7 cm³/mol. The number of hydrogen-bond donors (Lipinski definition) is 2. The summed E-state index contributed by atoms with van der Waals surface area (Å²) in [5, 5.41) is 11.6. The first kappa shape index (κ1) is 14.4. The number of hydrogen-bond acceptors (Lipinski definition) is 4. The van der Waals surface area contributed by atoms with Gasteiger partial charge in [-0.3, -0.25) is 4.79 Å². The molecular formula is C11H23NO3. The van der Waals surface area contributed by atoms with Crippen LogP contribution in [0.4, 0.5) is 0 Å². The lowest BCUT2D eigenvalue weighted by Gasteiger charge is -2.02. The van der Waals surface area contributed by atoms with E-state index in [4.69, 9.17) is 5.11 Å². The highest BCUT2D eigenvalue weighted by Crippen LogP contribution is 2.05. The second-order valence-electron chi connectivity index (χ2n) is 3.57. The molecule has 0 aromatic rings. The minimum atomic E-state index is -0.111. The summed E-state index contributed by atoms with van der Waals surface area (Å²) in [4.78, 5) is 10.8. The van der Waals surface area contributed by atoms with Crippen molar-refractivity contribution in [3.05, 3.63) is 0 Å². The molecule has 0 bridgehead atoms. The fourth-order valence-electron chi connectivity index (χ4n) is 1.36. The third kappa shape index (κ3) is 11.3. The monoisotopic (exact) mass is 217 g/mol. The van der Waals surface area contributed by atoms with Gasteiger partial charge in [0, 0.05) is 13.0 Å². The van der Waals surface area contributed by atoms with Crippen molar-refractivity contribution in [1.82, 2.24) is 5.32 Å². The first-order valence-corrected chi connectivity index (χ1v) is 5.69. The summed E-state index contributed by atoms with van der Waals surface area (Å²) in [7, 11) is 1.43. The molecule has 15 heavy (non-hydrogen) atoms. The van der Waals surface area contributed by atoms with Crippen LogP contribution < -0.4 is 5.32 Å². The number of unbranched alkanes of at least 4 members (excludes halogenated alkanes) is 4. The van der Waals surface area contributed by atoms with Crippen molar-refractivity contribution >= 4 is 5.97 Å². The molecular weight excluding hydrogens is 194 g/mol. The molecule has 0 aromatic heterocycles. The van der Waals surface area contributed by atoms with Crippen LogP contribution in [0.5, 0.6) is 0 Å². The number of rotatable bonds is 10. The molecule has 0 saturated carbocycles. The van der Waals surface area contributed by atoms with E-state index in [9.17, 15) is 4.79 Å². The Morgan fingerprint density at radius 1 is 1.13 bits per heavy atom. The lowest BCUT2D eigenvalue weighted by atomic mass is 10.1. The predicted octanol–water partition coefficient (Wildman–Crippen LogP) is 1.08. The van der Waals surface area contributed by atoms with Gasteiger partial charge in [0.25, 0.3) is 0 Å². The molecule has 0 amide bonds. The average molecular weight is 217 g/mol. The fourth-order valence-corrected chi connectivity index (χ4v) is 1.36. The van der Waals surface area contributed by atoms with Crippen LogP contribution in [-0.2, 0) is 9.53 Å². The summed E-state index contributed by atoms with van der Waals surface area (Å²) in [5.74, 6) is -0.111. The first-order chi connectivity index (χ1) is 7.31. The molecule has 0 heterocycles. The second-order valence-corrected chi connectivity index (χ2v) is 3.57. The van der Waals surface area contributed by atoms with E-state index in [0.29, 0.717) is 13.0 Å². The SMILES string of the molecule is COC(=O)CCCCCCCNCCO. The van der Waals surface area contributed by atoms with Crippen LogP contribution in [0.25, 0.3) is 0 Å². The van der Waals surface area contributed by atoms with Crippen molar-refractivity contribution in [1.29, 1.82) is 0 Å². The standard InChI is InChI=1S/C11H23NO3/c1-15-11(14)7-5-3-2-4-6-8-12-9-10-13/h12-13H,2-10H2,1H3. The van der Waals surface area contributed by atoms with Gasteiger partial charge < -0.3 is 15.2 Å². The van der Waals surface area contributed by atoms with Crippen LogP contribution in [0.2, 0.25) is 0 Å². The Morgan fingerprint density at radius 2 is 1.80 bits per heavy atom. The number of aliphatic hydroxyl groups is 1. The Kier molecular flexibility index (Phi) is 11.0. The maximum atomic E-state index is 10.8. The van der Waals surface area contributed by atoms with E-state index in [2.05, 4.69) is 10.1 Å². The summed E-state index contributed by atoms with van der Waals surface area (Å²) in [6.07, 6.45) is 6.04. The highest BCUT2D eigenvalue weighted by molar-refractivity contribution is 5.68. The molecule has 0 spiro atoms. The molecule has 0 saturated heterocycles. The number of ether oxygens (including phenoxy) is 1. The van der Waals surface area contributed by atoms with E-state index in [1.165, 1.54) is 13.5 Å². The summed E-state index contributed by atoms with van der Waals surface area (Å²) < 4.78 is 4.55. The molecule has 0 aliphatic rings. The zero-order valence-electron chi connectivity index (χ0n) is 9.63. The second kappa shape index (κ2) is 11.5. The largest absolute Gasteiger partial charge is 0.469 e. The molecule has 0 aromatic carbocycles. The Bertz CT molecular complexity index is 151. The van der Waals surface area contributed by atoms with E-state index in [1.54, 1.807) is 0 Å². The Labute approximate surface area is 92.0 Å². The lowest BCUT2D eigenvalue weighted by Crippen LogP contribution is -2.19. The van der Waals surface area contributed by atoms with Gasteiger partial charge in [-0.15, -0.1) is 0 Å². The molecule has 0 aliphatic heterocycles. The van der Waals surface area contributed by atoms with Gasteiger partial charge >= 0.3 is 5.97 Å². The van der Waals surface area contributed by atoms with Gasteiger partial charge in [0.05, 0.1) is 13.7 Å². The van der Waals surface area contributed by atoms with Gasteiger partial charge in [-0.1, -0.05) is 19.3 Å².